The molecule has 0 bridgehead atoms. The highest BCUT2D eigenvalue weighted by Crippen LogP contribution is 2.27. The van der Waals surface area contributed by atoms with Crippen LogP contribution < -0.4 is 0 Å². The lowest BCUT2D eigenvalue weighted by molar-refractivity contribution is -0.132. The van der Waals surface area contributed by atoms with Crippen molar-refractivity contribution in [2.24, 2.45) is 0 Å². The second-order valence-corrected chi connectivity index (χ2v) is 7.62. The molecule has 7 nitrogen and oxygen atoms in total. The summed E-state index contributed by atoms with van der Waals surface area (Å²) in [6.45, 7) is 6.15. The molecule has 0 spiro atoms. The fraction of sp³-hybridized carbons (Fsp3) is 0.409. The highest BCUT2D eigenvalue weighted by atomic mass is 16.2. The van der Waals surface area contributed by atoms with Crippen molar-refractivity contribution in [3.05, 3.63) is 59.9 Å². The van der Waals surface area contributed by atoms with Crippen molar-refractivity contribution in [3.8, 4) is 11.4 Å². The molecule has 3 aromatic rings. The molecule has 1 aliphatic heterocycles. The maximum atomic E-state index is 12.8. The zero-order chi connectivity index (χ0) is 20.2. The van der Waals surface area contributed by atoms with Crippen molar-refractivity contribution in [1.82, 2.24) is 29.6 Å². The SMILES string of the molecule is Cc1cc(C)n(CCC(=O)N2CCC[C@H](c3ccnc(-c4ccncc4)n3)C2)n1. The maximum absolute atomic E-state index is 12.8. The van der Waals surface area contributed by atoms with E-state index < -0.39 is 0 Å². The van der Waals surface area contributed by atoms with E-state index in [1.54, 1.807) is 12.4 Å². The number of nitrogens with zero attached hydrogens (tertiary/aromatic N) is 6. The first-order valence-electron chi connectivity index (χ1n) is 10.1. The molecule has 150 valence electrons. The fourth-order valence-electron chi connectivity index (χ4n) is 3.95. The van der Waals surface area contributed by atoms with E-state index in [1.807, 2.05) is 53.9 Å². The van der Waals surface area contributed by atoms with E-state index in [9.17, 15) is 4.79 Å². The normalized spacial score (nSPS) is 16.8. The number of aromatic nitrogens is 5. The Kier molecular flexibility index (Phi) is 5.64. The number of piperidine rings is 1. The Morgan fingerprint density at radius 2 is 2.00 bits per heavy atom. The van der Waals surface area contributed by atoms with Crippen LogP contribution in [-0.2, 0) is 11.3 Å². The molecule has 3 aromatic heterocycles. The van der Waals surface area contributed by atoms with Gasteiger partial charge < -0.3 is 4.90 Å². The summed E-state index contributed by atoms with van der Waals surface area (Å²) < 4.78 is 1.92. The molecule has 7 heteroatoms. The van der Waals surface area contributed by atoms with E-state index in [0.29, 0.717) is 25.3 Å². The van der Waals surface area contributed by atoms with Gasteiger partial charge in [0.15, 0.2) is 5.82 Å². The zero-order valence-corrected chi connectivity index (χ0v) is 17.0. The van der Waals surface area contributed by atoms with Crippen LogP contribution in [0.3, 0.4) is 0 Å². The molecule has 4 rings (SSSR count). The Labute approximate surface area is 170 Å². The second-order valence-electron chi connectivity index (χ2n) is 7.62. The minimum atomic E-state index is 0.186. The van der Waals surface area contributed by atoms with Gasteiger partial charge in [-0.15, -0.1) is 0 Å². The first-order chi connectivity index (χ1) is 14.1. The van der Waals surface area contributed by atoms with Gasteiger partial charge in [0, 0.05) is 67.5 Å². The fourth-order valence-corrected chi connectivity index (χ4v) is 3.95. The van der Waals surface area contributed by atoms with Crippen molar-refractivity contribution in [2.45, 2.75) is 45.6 Å². The van der Waals surface area contributed by atoms with Crippen molar-refractivity contribution >= 4 is 5.91 Å². The summed E-state index contributed by atoms with van der Waals surface area (Å²) in [7, 11) is 0. The van der Waals surface area contributed by atoms with Gasteiger partial charge in [-0.2, -0.15) is 5.10 Å². The number of carbonyl (C=O) groups excluding carboxylic acids is 1. The second kappa shape index (κ2) is 8.51. The van der Waals surface area contributed by atoms with Crippen LogP contribution in [-0.4, -0.2) is 48.6 Å². The molecule has 0 radical (unpaired) electrons. The minimum absolute atomic E-state index is 0.186. The Hall–Kier alpha value is -3.09. The molecule has 0 N–H and O–H groups in total. The molecule has 1 amide bonds. The number of aryl methyl sites for hydroxylation is 3. The number of pyridine rings is 1. The first-order valence-corrected chi connectivity index (χ1v) is 10.1. The predicted molar refractivity (Wildman–Crippen MR) is 110 cm³/mol. The van der Waals surface area contributed by atoms with Gasteiger partial charge in [0.2, 0.25) is 5.91 Å². The molecule has 0 aromatic carbocycles. The van der Waals surface area contributed by atoms with Crippen molar-refractivity contribution < 1.29 is 4.79 Å². The van der Waals surface area contributed by atoms with E-state index in [4.69, 9.17) is 4.98 Å². The monoisotopic (exact) mass is 390 g/mol. The third-order valence-corrected chi connectivity index (χ3v) is 5.45. The van der Waals surface area contributed by atoms with E-state index in [1.165, 1.54) is 0 Å². The third kappa shape index (κ3) is 4.50. The highest BCUT2D eigenvalue weighted by Gasteiger charge is 2.26. The Morgan fingerprint density at radius 3 is 2.76 bits per heavy atom. The van der Waals surface area contributed by atoms with E-state index in [2.05, 4.69) is 15.1 Å². The van der Waals surface area contributed by atoms with Crippen LogP contribution in [0.5, 0.6) is 0 Å². The molecule has 1 fully saturated rings. The van der Waals surface area contributed by atoms with Gasteiger partial charge in [-0.05, 0) is 51.0 Å². The van der Waals surface area contributed by atoms with Crippen LogP contribution in [0.25, 0.3) is 11.4 Å². The lowest BCUT2D eigenvalue weighted by Gasteiger charge is -2.32. The lowest BCUT2D eigenvalue weighted by atomic mass is 9.94. The van der Waals surface area contributed by atoms with Gasteiger partial charge >= 0.3 is 0 Å². The van der Waals surface area contributed by atoms with Gasteiger partial charge in [-0.3, -0.25) is 14.5 Å². The van der Waals surface area contributed by atoms with E-state index >= 15 is 0 Å². The van der Waals surface area contributed by atoms with Crippen molar-refractivity contribution in [2.75, 3.05) is 13.1 Å². The van der Waals surface area contributed by atoms with E-state index in [-0.39, 0.29) is 11.8 Å². The van der Waals surface area contributed by atoms with Crippen LogP contribution in [0.15, 0.2) is 42.9 Å². The van der Waals surface area contributed by atoms with Gasteiger partial charge in [0.1, 0.15) is 0 Å². The third-order valence-electron chi connectivity index (χ3n) is 5.45. The van der Waals surface area contributed by atoms with E-state index in [0.717, 1.165) is 42.0 Å². The first kappa shape index (κ1) is 19.2. The summed E-state index contributed by atoms with van der Waals surface area (Å²) >= 11 is 0. The summed E-state index contributed by atoms with van der Waals surface area (Å²) in [5.41, 5.74) is 4.04. The van der Waals surface area contributed by atoms with Gasteiger partial charge in [0.25, 0.3) is 0 Å². The zero-order valence-electron chi connectivity index (χ0n) is 17.0. The topological polar surface area (TPSA) is 76.8 Å². The number of hydrogen-bond donors (Lipinski definition) is 0. The number of amides is 1. The number of rotatable bonds is 5. The molecule has 4 heterocycles. The molecule has 1 atom stereocenters. The minimum Gasteiger partial charge on any atom is -0.342 e. The predicted octanol–water partition coefficient (Wildman–Crippen LogP) is 3.15. The summed E-state index contributed by atoms with van der Waals surface area (Å²) in [5.74, 6) is 1.13. The maximum Gasteiger partial charge on any atom is 0.224 e. The van der Waals surface area contributed by atoms with Crippen molar-refractivity contribution in [1.29, 1.82) is 0 Å². The standard InChI is InChI=1S/C22H26N6O/c1-16-14-17(2)28(26-16)13-8-21(29)27-12-3-4-19(15-27)20-7-11-24-22(25-20)18-5-9-23-10-6-18/h5-7,9-11,14,19H,3-4,8,12-13,15H2,1-2H3/t19-/m0/s1. The number of hydrogen-bond acceptors (Lipinski definition) is 5. The molecule has 0 unspecified atom stereocenters. The van der Waals surface area contributed by atoms with Crippen LogP contribution in [0.2, 0.25) is 0 Å². The number of likely N-dealkylation sites (tertiary alicyclic amines) is 1. The Bertz CT molecular complexity index is 984. The molecule has 0 saturated carbocycles. The van der Waals surface area contributed by atoms with Crippen LogP contribution >= 0.6 is 0 Å². The van der Waals surface area contributed by atoms with Crippen molar-refractivity contribution in [3.63, 3.8) is 0 Å². The molecule has 29 heavy (non-hydrogen) atoms. The van der Waals surface area contributed by atoms with Crippen LogP contribution in [0.4, 0.5) is 0 Å². The quantitative estimate of drug-likeness (QED) is 0.669. The average molecular weight is 390 g/mol. The lowest BCUT2D eigenvalue weighted by Crippen LogP contribution is -2.39. The summed E-state index contributed by atoms with van der Waals surface area (Å²) in [6, 6.07) is 7.83. The molecule has 1 aliphatic rings. The van der Waals surface area contributed by atoms with Crippen LogP contribution in [0, 0.1) is 13.8 Å². The Balaban J connectivity index is 1.42. The summed E-state index contributed by atoms with van der Waals surface area (Å²) in [6.07, 6.45) is 7.80. The summed E-state index contributed by atoms with van der Waals surface area (Å²) in [4.78, 5) is 28.0. The Morgan fingerprint density at radius 1 is 1.17 bits per heavy atom. The molecule has 0 aliphatic carbocycles. The summed E-state index contributed by atoms with van der Waals surface area (Å²) in [5, 5.41) is 4.45. The van der Waals surface area contributed by atoms with Gasteiger partial charge in [0.05, 0.1) is 5.69 Å². The van der Waals surface area contributed by atoms with Gasteiger partial charge in [-0.25, -0.2) is 9.97 Å². The average Bonchev–Trinajstić information content (AvgIpc) is 3.09. The van der Waals surface area contributed by atoms with Gasteiger partial charge in [-0.1, -0.05) is 0 Å². The molecule has 1 saturated heterocycles. The van der Waals surface area contributed by atoms with Crippen LogP contribution in [0.1, 0.15) is 42.3 Å². The molecular formula is C22H26N6O. The highest BCUT2D eigenvalue weighted by molar-refractivity contribution is 5.76. The number of carbonyl (C=O) groups is 1. The largest absolute Gasteiger partial charge is 0.342 e. The smallest absolute Gasteiger partial charge is 0.224 e. The molecular weight excluding hydrogens is 364 g/mol.